The van der Waals surface area contributed by atoms with Gasteiger partial charge in [0.25, 0.3) is 5.91 Å². The Balaban J connectivity index is 1.65. The molecule has 2 atom stereocenters. The Hall–Kier alpha value is -1.87. The number of ether oxygens (including phenoxy) is 1. The van der Waals surface area contributed by atoms with Crippen molar-refractivity contribution in [3.8, 4) is 0 Å². The van der Waals surface area contributed by atoms with Gasteiger partial charge in [-0.1, -0.05) is 6.42 Å². The minimum Gasteiger partial charge on any atom is -0.396 e. The second-order valence-electron chi connectivity index (χ2n) is 7.77. The molecule has 7 nitrogen and oxygen atoms in total. The van der Waals surface area contributed by atoms with E-state index in [-0.39, 0.29) is 24.5 Å². The molecule has 1 aromatic rings. The second kappa shape index (κ2) is 9.56. The van der Waals surface area contributed by atoms with E-state index in [4.69, 9.17) is 5.73 Å². The molecule has 2 saturated carbocycles. The fraction of sp³-hybridized carbons (Fsp3) is 0.737. The molecular formula is C19H28F2N4O3. The lowest BCUT2D eigenvalue weighted by atomic mass is 9.91. The third-order valence-electron chi connectivity index (χ3n) is 5.94. The minimum absolute atomic E-state index is 0.0708. The number of carbonyl (C=O) groups excluding carboxylic acids is 1. The van der Waals surface area contributed by atoms with Gasteiger partial charge in [0.15, 0.2) is 0 Å². The smallest absolute Gasteiger partial charge is 0.345 e. The van der Waals surface area contributed by atoms with Crippen LogP contribution in [-0.4, -0.2) is 46.3 Å². The summed E-state index contributed by atoms with van der Waals surface area (Å²) in [6.07, 6.45) is 7.11. The first-order valence-corrected chi connectivity index (χ1v) is 9.93. The highest BCUT2D eigenvalue weighted by molar-refractivity contribution is 5.93. The van der Waals surface area contributed by atoms with Crippen LogP contribution in [0.25, 0.3) is 0 Å². The summed E-state index contributed by atoms with van der Waals surface area (Å²) in [4.78, 5) is 20.5. The van der Waals surface area contributed by atoms with Crippen LogP contribution in [0, 0.1) is 11.8 Å². The maximum absolute atomic E-state index is 12.3. The number of hydrogen-bond donors (Lipinski definition) is 3. The van der Waals surface area contributed by atoms with Crippen LogP contribution in [-0.2, 0) is 11.2 Å². The van der Waals surface area contributed by atoms with E-state index < -0.39 is 18.6 Å². The lowest BCUT2D eigenvalue weighted by Gasteiger charge is -2.29. The van der Waals surface area contributed by atoms with Crippen LogP contribution in [0.2, 0.25) is 0 Å². The zero-order chi connectivity index (χ0) is 20.1. The van der Waals surface area contributed by atoms with Crippen molar-refractivity contribution < 1.29 is 23.4 Å². The predicted molar refractivity (Wildman–Crippen MR) is 98.9 cm³/mol. The number of halogens is 2. The SMILES string of the molecule is NC(=O)c1cnc(NC2CCC(OC(F)F)CC2)nc1C[C@@H]1CCC[C@@H]1CO. The van der Waals surface area contributed by atoms with E-state index >= 15 is 0 Å². The number of alkyl halides is 2. The van der Waals surface area contributed by atoms with Gasteiger partial charge >= 0.3 is 6.61 Å². The Morgan fingerprint density at radius 2 is 1.96 bits per heavy atom. The van der Waals surface area contributed by atoms with Crippen LogP contribution in [0.5, 0.6) is 0 Å². The lowest BCUT2D eigenvalue weighted by molar-refractivity contribution is -0.169. The van der Waals surface area contributed by atoms with Crippen LogP contribution in [0.4, 0.5) is 14.7 Å². The topological polar surface area (TPSA) is 110 Å². The van der Waals surface area contributed by atoms with Crippen molar-refractivity contribution in [3.05, 3.63) is 17.5 Å². The standard InChI is InChI=1S/C19H28F2N4O3/c20-18(21)28-14-6-4-13(5-7-14)24-19-23-9-15(17(22)27)16(25-19)8-11-2-1-3-12(11)10-26/h9,11-14,18,26H,1-8,10H2,(H2,22,27)(H,23,24,25)/t11-,12+,13?,14?/m0/s1. The number of aromatic nitrogens is 2. The van der Waals surface area contributed by atoms with Gasteiger partial charge < -0.3 is 20.9 Å². The Bertz CT molecular complexity index is 669. The van der Waals surface area contributed by atoms with Gasteiger partial charge in [-0.2, -0.15) is 8.78 Å². The molecule has 0 spiro atoms. The van der Waals surface area contributed by atoms with Crippen molar-refractivity contribution in [2.45, 2.75) is 70.1 Å². The summed E-state index contributed by atoms with van der Waals surface area (Å²) in [6, 6.07) is 0.0708. The van der Waals surface area contributed by atoms with Gasteiger partial charge in [-0.05, 0) is 56.8 Å². The van der Waals surface area contributed by atoms with Crippen LogP contribution in [0.1, 0.15) is 61.0 Å². The summed E-state index contributed by atoms with van der Waals surface area (Å²) >= 11 is 0. The van der Waals surface area contributed by atoms with E-state index in [2.05, 4.69) is 20.0 Å². The van der Waals surface area contributed by atoms with Crippen LogP contribution in [0.3, 0.4) is 0 Å². The second-order valence-corrected chi connectivity index (χ2v) is 7.77. The minimum atomic E-state index is -2.74. The zero-order valence-corrected chi connectivity index (χ0v) is 15.8. The predicted octanol–water partition coefficient (Wildman–Crippen LogP) is 2.49. The van der Waals surface area contributed by atoms with Crippen LogP contribution in [0.15, 0.2) is 6.20 Å². The number of primary amides is 1. The molecule has 1 amide bonds. The number of carbonyl (C=O) groups is 1. The summed E-state index contributed by atoms with van der Waals surface area (Å²) < 4.78 is 29.2. The first-order valence-electron chi connectivity index (χ1n) is 9.93. The van der Waals surface area contributed by atoms with Gasteiger partial charge in [0.2, 0.25) is 5.95 Å². The van der Waals surface area contributed by atoms with Crippen molar-refractivity contribution >= 4 is 11.9 Å². The van der Waals surface area contributed by atoms with Crippen molar-refractivity contribution in [1.29, 1.82) is 0 Å². The molecule has 4 N–H and O–H groups in total. The number of aliphatic hydroxyl groups excluding tert-OH is 1. The molecule has 3 rings (SSSR count). The van der Waals surface area contributed by atoms with E-state index in [1.165, 1.54) is 6.20 Å². The number of anilines is 1. The van der Waals surface area contributed by atoms with Crippen molar-refractivity contribution in [1.82, 2.24) is 9.97 Å². The van der Waals surface area contributed by atoms with Gasteiger partial charge in [0.05, 0.1) is 17.4 Å². The molecule has 2 fully saturated rings. The molecule has 0 unspecified atom stereocenters. The maximum atomic E-state index is 12.3. The zero-order valence-electron chi connectivity index (χ0n) is 15.8. The number of aliphatic hydroxyl groups is 1. The van der Waals surface area contributed by atoms with Gasteiger partial charge in [-0.3, -0.25) is 4.79 Å². The summed E-state index contributed by atoms with van der Waals surface area (Å²) in [5.41, 5.74) is 6.39. The van der Waals surface area contributed by atoms with Gasteiger partial charge in [0.1, 0.15) is 0 Å². The van der Waals surface area contributed by atoms with Crippen molar-refractivity contribution in [2.75, 3.05) is 11.9 Å². The van der Waals surface area contributed by atoms with E-state index in [1.54, 1.807) is 0 Å². The molecule has 0 aromatic carbocycles. The molecule has 0 saturated heterocycles. The molecule has 0 radical (unpaired) electrons. The van der Waals surface area contributed by atoms with Gasteiger partial charge in [-0.25, -0.2) is 9.97 Å². The molecule has 1 heterocycles. The van der Waals surface area contributed by atoms with Crippen molar-refractivity contribution in [2.24, 2.45) is 17.6 Å². The first kappa shape index (κ1) is 20.9. The molecular weight excluding hydrogens is 370 g/mol. The Morgan fingerprint density at radius 3 is 2.61 bits per heavy atom. The van der Waals surface area contributed by atoms with Gasteiger partial charge in [0, 0.05) is 18.8 Å². The summed E-state index contributed by atoms with van der Waals surface area (Å²) in [5.74, 6) is 0.339. The highest BCUT2D eigenvalue weighted by Crippen LogP contribution is 2.34. The quantitative estimate of drug-likeness (QED) is 0.621. The van der Waals surface area contributed by atoms with Crippen LogP contribution < -0.4 is 11.1 Å². The maximum Gasteiger partial charge on any atom is 0.345 e. The Morgan fingerprint density at radius 1 is 1.25 bits per heavy atom. The Labute approximate surface area is 163 Å². The summed E-state index contributed by atoms with van der Waals surface area (Å²) in [6.45, 7) is -2.60. The van der Waals surface area contributed by atoms with Crippen LogP contribution >= 0.6 is 0 Å². The first-order chi connectivity index (χ1) is 13.5. The highest BCUT2D eigenvalue weighted by atomic mass is 19.3. The highest BCUT2D eigenvalue weighted by Gasteiger charge is 2.29. The fourth-order valence-electron chi connectivity index (χ4n) is 4.39. The number of nitrogens with two attached hydrogens (primary N) is 1. The van der Waals surface area contributed by atoms with E-state index in [0.29, 0.717) is 49.3 Å². The van der Waals surface area contributed by atoms with E-state index in [1.807, 2.05) is 0 Å². The number of amides is 1. The fourth-order valence-corrected chi connectivity index (χ4v) is 4.39. The third-order valence-corrected chi connectivity index (χ3v) is 5.94. The summed E-state index contributed by atoms with van der Waals surface area (Å²) in [7, 11) is 0. The molecule has 2 aliphatic carbocycles. The average molecular weight is 398 g/mol. The third kappa shape index (κ3) is 5.35. The molecule has 0 bridgehead atoms. The largest absolute Gasteiger partial charge is 0.396 e. The van der Waals surface area contributed by atoms with E-state index in [0.717, 1.165) is 19.3 Å². The molecule has 9 heteroatoms. The molecule has 28 heavy (non-hydrogen) atoms. The van der Waals surface area contributed by atoms with Gasteiger partial charge in [-0.15, -0.1) is 0 Å². The monoisotopic (exact) mass is 398 g/mol. The van der Waals surface area contributed by atoms with E-state index in [9.17, 15) is 18.7 Å². The molecule has 156 valence electrons. The number of nitrogens with zero attached hydrogens (tertiary/aromatic N) is 2. The van der Waals surface area contributed by atoms with Crippen molar-refractivity contribution in [3.63, 3.8) is 0 Å². The number of hydrogen-bond acceptors (Lipinski definition) is 6. The molecule has 1 aromatic heterocycles. The number of rotatable bonds is 8. The Kier molecular flexibility index (Phi) is 7.12. The number of nitrogens with one attached hydrogen (secondary N) is 1. The summed E-state index contributed by atoms with van der Waals surface area (Å²) in [5, 5.41) is 12.8. The molecule has 2 aliphatic rings. The lowest BCUT2D eigenvalue weighted by Crippen LogP contribution is -2.31. The molecule has 0 aliphatic heterocycles. The normalized spacial score (nSPS) is 27.9. The average Bonchev–Trinajstić information content (AvgIpc) is 3.10.